The van der Waals surface area contributed by atoms with Crippen LogP contribution in [-0.4, -0.2) is 22.9 Å². The average molecular weight is 145 g/mol. The van der Waals surface area contributed by atoms with E-state index in [2.05, 4.69) is 0 Å². The quantitative estimate of drug-likeness (QED) is 0.535. The molecule has 0 spiro atoms. The maximum atomic E-state index is 10.7. The van der Waals surface area contributed by atoms with Crippen LogP contribution in [0.15, 0.2) is 0 Å². The van der Waals surface area contributed by atoms with Crippen molar-refractivity contribution in [3.8, 4) is 0 Å². The Balaban J connectivity index is 3.82. The number of carbonyl (C=O) groups excluding carboxylic acids is 1. The molecule has 0 rings (SSSR count). The Labute approximate surface area is 59.0 Å². The molecule has 58 valence electrons. The molecule has 0 bridgehead atoms. The summed E-state index contributed by atoms with van der Waals surface area (Å²) in [6.07, 6.45) is 0.882. The molecular weight excluding hydrogens is 134 g/mol. The second kappa shape index (κ2) is 4.00. The second-order valence-electron chi connectivity index (χ2n) is 2.03. The Morgan fingerprint density at radius 2 is 2.10 bits per heavy atom. The highest BCUT2D eigenvalue weighted by molar-refractivity contribution is 6.01. The molecule has 0 fully saturated rings. The van der Waals surface area contributed by atoms with Gasteiger partial charge in [-0.15, -0.1) is 0 Å². The molecule has 0 radical (unpaired) electrons. The first-order valence-electron chi connectivity index (χ1n) is 3.10. The number of hydrogen-bond donors (Lipinski definition) is 2. The molecule has 1 atom stereocenters. The smallest absolute Gasteiger partial charge is 0.328 e. The van der Waals surface area contributed by atoms with Gasteiger partial charge in [0.1, 0.15) is 0 Å². The van der Waals surface area contributed by atoms with Crippen LogP contribution in [0.3, 0.4) is 0 Å². The Hall–Kier alpha value is -0.900. The van der Waals surface area contributed by atoms with Crippen LogP contribution in [0.5, 0.6) is 0 Å². The Kier molecular flexibility index (Phi) is 3.64. The maximum absolute atomic E-state index is 10.7. The molecule has 1 unspecified atom stereocenters. The summed E-state index contributed by atoms with van der Waals surface area (Å²) < 4.78 is 0. The highest BCUT2D eigenvalue weighted by Gasteiger charge is 2.19. The van der Waals surface area contributed by atoms with Crippen molar-refractivity contribution in [1.29, 1.82) is 0 Å². The summed E-state index contributed by atoms with van der Waals surface area (Å²) in [6, 6.07) is -1.33. The van der Waals surface area contributed by atoms with Crippen LogP contribution in [0.25, 0.3) is 0 Å². The zero-order chi connectivity index (χ0) is 8.15. The number of Topliss-reactive ketones (excluding diaryl/α,β-unsaturated/α-hetero) is 1. The van der Waals surface area contributed by atoms with Crippen LogP contribution < -0.4 is 5.73 Å². The minimum Gasteiger partial charge on any atom is -0.480 e. The number of carbonyl (C=O) groups is 2. The van der Waals surface area contributed by atoms with Gasteiger partial charge in [-0.25, -0.2) is 0 Å². The van der Waals surface area contributed by atoms with Crippen molar-refractivity contribution >= 4 is 11.8 Å². The zero-order valence-corrected chi connectivity index (χ0v) is 5.83. The van der Waals surface area contributed by atoms with E-state index in [-0.39, 0.29) is 6.42 Å². The Morgan fingerprint density at radius 1 is 1.60 bits per heavy atom. The van der Waals surface area contributed by atoms with E-state index in [4.69, 9.17) is 10.8 Å². The van der Waals surface area contributed by atoms with Crippen LogP contribution in [0.4, 0.5) is 0 Å². The van der Waals surface area contributed by atoms with E-state index in [0.717, 1.165) is 0 Å². The molecule has 0 aromatic rings. The highest BCUT2D eigenvalue weighted by Crippen LogP contribution is 1.92. The number of rotatable bonds is 4. The lowest BCUT2D eigenvalue weighted by Crippen LogP contribution is -2.38. The van der Waals surface area contributed by atoms with Gasteiger partial charge >= 0.3 is 5.97 Å². The summed E-state index contributed by atoms with van der Waals surface area (Å²) in [6.45, 7) is 1.80. The summed E-state index contributed by atoms with van der Waals surface area (Å²) >= 11 is 0. The lowest BCUT2D eigenvalue weighted by Gasteiger charge is -2.01. The van der Waals surface area contributed by atoms with E-state index >= 15 is 0 Å². The largest absolute Gasteiger partial charge is 0.480 e. The van der Waals surface area contributed by atoms with Gasteiger partial charge in [-0.3, -0.25) is 9.59 Å². The van der Waals surface area contributed by atoms with Gasteiger partial charge in [-0.1, -0.05) is 6.92 Å². The van der Waals surface area contributed by atoms with E-state index < -0.39 is 17.8 Å². The van der Waals surface area contributed by atoms with Crippen LogP contribution in [0.2, 0.25) is 0 Å². The van der Waals surface area contributed by atoms with Gasteiger partial charge < -0.3 is 10.8 Å². The standard InChI is InChI=1S/C6H11NO3/c1-2-3-4(8)5(7)6(9)10/h5H,2-3,7H2,1H3,(H,9,10). The van der Waals surface area contributed by atoms with Crippen molar-refractivity contribution in [2.75, 3.05) is 0 Å². The molecule has 0 aromatic carbocycles. The van der Waals surface area contributed by atoms with E-state index in [9.17, 15) is 9.59 Å². The summed E-state index contributed by atoms with van der Waals surface area (Å²) in [4.78, 5) is 20.7. The fraction of sp³-hybridized carbons (Fsp3) is 0.667. The van der Waals surface area contributed by atoms with Gasteiger partial charge in [0, 0.05) is 6.42 Å². The molecule has 3 N–H and O–H groups in total. The normalized spacial score (nSPS) is 12.6. The summed E-state index contributed by atoms with van der Waals surface area (Å²) in [5, 5.41) is 8.23. The number of hydrogen-bond acceptors (Lipinski definition) is 3. The first-order chi connectivity index (χ1) is 4.59. The van der Waals surface area contributed by atoms with Crippen molar-refractivity contribution in [2.24, 2.45) is 5.73 Å². The van der Waals surface area contributed by atoms with Crippen LogP contribution >= 0.6 is 0 Å². The number of aliphatic carboxylic acids is 1. The van der Waals surface area contributed by atoms with Crippen molar-refractivity contribution in [3.05, 3.63) is 0 Å². The number of carboxylic acid groups (broad SMARTS) is 1. The first-order valence-corrected chi connectivity index (χ1v) is 3.10. The van der Waals surface area contributed by atoms with E-state index in [1.54, 1.807) is 6.92 Å². The molecule has 0 aliphatic rings. The van der Waals surface area contributed by atoms with Gasteiger partial charge in [0.05, 0.1) is 0 Å². The van der Waals surface area contributed by atoms with Gasteiger partial charge in [-0.05, 0) is 6.42 Å². The zero-order valence-electron chi connectivity index (χ0n) is 5.83. The molecular formula is C6H11NO3. The third kappa shape index (κ3) is 2.59. The lowest BCUT2D eigenvalue weighted by atomic mass is 10.1. The van der Waals surface area contributed by atoms with Gasteiger partial charge in [-0.2, -0.15) is 0 Å². The predicted molar refractivity (Wildman–Crippen MR) is 35.5 cm³/mol. The van der Waals surface area contributed by atoms with E-state index in [1.807, 2.05) is 0 Å². The van der Waals surface area contributed by atoms with Crippen LogP contribution in [-0.2, 0) is 9.59 Å². The molecule has 0 aromatic heterocycles. The lowest BCUT2D eigenvalue weighted by molar-refractivity contribution is -0.142. The third-order valence-corrected chi connectivity index (χ3v) is 1.11. The minimum atomic E-state index is -1.33. The van der Waals surface area contributed by atoms with Gasteiger partial charge in [0.25, 0.3) is 0 Å². The average Bonchev–Trinajstić information content (AvgIpc) is 1.87. The van der Waals surface area contributed by atoms with E-state index in [1.165, 1.54) is 0 Å². The molecule has 0 aliphatic carbocycles. The predicted octanol–water partition coefficient (Wildman–Crippen LogP) is -0.232. The first kappa shape index (κ1) is 9.10. The molecule has 0 saturated carbocycles. The number of ketones is 1. The van der Waals surface area contributed by atoms with Gasteiger partial charge in [0.15, 0.2) is 11.8 Å². The fourth-order valence-electron chi connectivity index (χ4n) is 0.540. The molecule has 0 amide bonds. The third-order valence-electron chi connectivity index (χ3n) is 1.11. The Bertz CT molecular complexity index is 144. The van der Waals surface area contributed by atoms with Gasteiger partial charge in [0.2, 0.25) is 0 Å². The van der Waals surface area contributed by atoms with Crippen molar-refractivity contribution in [1.82, 2.24) is 0 Å². The van der Waals surface area contributed by atoms with Crippen molar-refractivity contribution < 1.29 is 14.7 Å². The Morgan fingerprint density at radius 3 is 2.40 bits per heavy atom. The van der Waals surface area contributed by atoms with Crippen molar-refractivity contribution in [3.63, 3.8) is 0 Å². The molecule has 0 heterocycles. The molecule has 4 heteroatoms. The van der Waals surface area contributed by atoms with Crippen LogP contribution in [0.1, 0.15) is 19.8 Å². The fourth-order valence-corrected chi connectivity index (χ4v) is 0.540. The summed E-state index contributed by atoms with van der Waals surface area (Å²) in [5.41, 5.74) is 5.00. The highest BCUT2D eigenvalue weighted by atomic mass is 16.4. The number of nitrogens with two attached hydrogens (primary N) is 1. The van der Waals surface area contributed by atoms with Crippen LogP contribution in [0, 0.1) is 0 Å². The monoisotopic (exact) mass is 145 g/mol. The topological polar surface area (TPSA) is 80.4 Å². The maximum Gasteiger partial charge on any atom is 0.328 e. The minimum absolute atomic E-state index is 0.244. The van der Waals surface area contributed by atoms with E-state index in [0.29, 0.717) is 6.42 Å². The summed E-state index contributed by atoms with van der Waals surface area (Å²) in [5.74, 6) is -1.66. The summed E-state index contributed by atoms with van der Waals surface area (Å²) in [7, 11) is 0. The molecule has 10 heavy (non-hydrogen) atoms. The van der Waals surface area contributed by atoms with Crippen molar-refractivity contribution in [2.45, 2.75) is 25.8 Å². The molecule has 4 nitrogen and oxygen atoms in total. The molecule has 0 saturated heterocycles. The second-order valence-corrected chi connectivity index (χ2v) is 2.03. The SMILES string of the molecule is CCCC(=O)C(N)C(=O)O. The molecule has 0 aliphatic heterocycles. The number of carboxylic acids is 1.